The first-order valence-corrected chi connectivity index (χ1v) is 8.00. The van der Waals surface area contributed by atoms with Gasteiger partial charge in [-0.15, -0.1) is 0 Å². The molecule has 1 aromatic rings. The maximum absolute atomic E-state index is 12.2. The molecule has 1 aliphatic heterocycles. The van der Waals surface area contributed by atoms with Crippen molar-refractivity contribution in [3.05, 3.63) is 29.8 Å². The third kappa shape index (κ3) is 3.23. The minimum absolute atomic E-state index is 0.120. The third-order valence-electron chi connectivity index (χ3n) is 3.44. The van der Waals surface area contributed by atoms with Crippen LogP contribution in [0.5, 0.6) is 5.75 Å². The molecular weight excluding hydrogens is 250 g/mol. The highest BCUT2D eigenvalue weighted by Crippen LogP contribution is 2.19. The maximum atomic E-state index is 12.2. The molecule has 0 atom stereocenters. The Morgan fingerprint density at radius 1 is 1.22 bits per heavy atom. The van der Waals surface area contributed by atoms with Crippen LogP contribution in [0.25, 0.3) is 0 Å². The van der Waals surface area contributed by atoms with Gasteiger partial charge in [0.2, 0.25) is 0 Å². The molecule has 0 radical (unpaired) electrons. The van der Waals surface area contributed by atoms with Gasteiger partial charge in [-0.2, -0.15) is 0 Å². The van der Waals surface area contributed by atoms with Gasteiger partial charge in [0.15, 0.2) is 9.84 Å². The molecule has 100 valence electrons. The van der Waals surface area contributed by atoms with Crippen molar-refractivity contribution in [3.8, 4) is 5.75 Å². The Kier molecular flexibility index (Phi) is 4.24. The normalized spacial score (nSPS) is 17.8. The first kappa shape index (κ1) is 13.4. The Labute approximate surface area is 108 Å². The molecule has 0 unspecified atom stereocenters. The number of hydrogen-bond acceptors (Lipinski definition) is 4. The molecule has 2 rings (SSSR count). The second kappa shape index (κ2) is 5.71. The van der Waals surface area contributed by atoms with E-state index in [0.717, 1.165) is 13.1 Å². The molecule has 0 spiro atoms. The highest BCUT2D eigenvalue weighted by molar-refractivity contribution is 7.92. The quantitative estimate of drug-likeness (QED) is 0.859. The van der Waals surface area contributed by atoms with E-state index in [2.05, 4.69) is 5.32 Å². The summed E-state index contributed by atoms with van der Waals surface area (Å²) in [5, 5.41) is 12.6. The van der Waals surface area contributed by atoms with E-state index >= 15 is 0 Å². The van der Waals surface area contributed by atoms with Gasteiger partial charge in [0.25, 0.3) is 0 Å². The second-order valence-corrected chi connectivity index (χ2v) is 7.10. The van der Waals surface area contributed by atoms with Gasteiger partial charge < -0.3 is 10.4 Å². The van der Waals surface area contributed by atoms with Crippen molar-refractivity contribution in [1.82, 2.24) is 5.32 Å². The van der Waals surface area contributed by atoms with Crippen LogP contribution in [0.1, 0.15) is 18.4 Å². The zero-order valence-corrected chi connectivity index (χ0v) is 11.1. The predicted molar refractivity (Wildman–Crippen MR) is 71.5 cm³/mol. The molecule has 0 bridgehead atoms. The van der Waals surface area contributed by atoms with Crippen LogP contribution in [0.2, 0.25) is 0 Å². The molecule has 1 aliphatic rings. The number of phenols is 1. The Balaban J connectivity index is 1.98. The standard InChI is InChI=1S/C13H19NO3S/c15-13-4-2-1-3-11(13)7-10-18(16,17)12-5-8-14-9-6-12/h1-4,12,14-15H,5-10H2. The van der Waals surface area contributed by atoms with Gasteiger partial charge >= 0.3 is 0 Å². The largest absolute Gasteiger partial charge is 0.508 e. The fourth-order valence-electron chi connectivity index (χ4n) is 2.30. The summed E-state index contributed by atoms with van der Waals surface area (Å²) < 4.78 is 24.3. The number of benzene rings is 1. The van der Waals surface area contributed by atoms with E-state index < -0.39 is 9.84 Å². The van der Waals surface area contributed by atoms with Crippen LogP contribution in [-0.2, 0) is 16.3 Å². The van der Waals surface area contributed by atoms with Crippen molar-refractivity contribution in [3.63, 3.8) is 0 Å². The van der Waals surface area contributed by atoms with Crippen molar-refractivity contribution >= 4 is 9.84 Å². The Bertz CT molecular complexity index is 493. The van der Waals surface area contributed by atoms with Crippen LogP contribution in [0.15, 0.2) is 24.3 Å². The predicted octanol–water partition coefficient (Wildman–Crippen LogP) is 1.10. The maximum Gasteiger partial charge on any atom is 0.153 e. The zero-order chi connectivity index (χ0) is 13.0. The number of rotatable bonds is 4. The molecule has 1 heterocycles. The molecule has 1 saturated heterocycles. The van der Waals surface area contributed by atoms with Crippen molar-refractivity contribution in [1.29, 1.82) is 0 Å². The Morgan fingerprint density at radius 3 is 2.56 bits per heavy atom. The fourth-order valence-corrected chi connectivity index (χ4v) is 4.09. The molecule has 0 amide bonds. The summed E-state index contributed by atoms with van der Waals surface area (Å²) in [6.07, 6.45) is 1.78. The van der Waals surface area contributed by atoms with Gasteiger partial charge in [-0.25, -0.2) is 8.42 Å². The number of hydrogen-bond donors (Lipinski definition) is 2. The van der Waals surface area contributed by atoms with E-state index in [0.29, 0.717) is 24.8 Å². The number of aromatic hydroxyl groups is 1. The van der Waals surface area contributed by atoms with Crippen molar-refractivity contribution in [2.45, 2.75) is 24.5 Å². The van der Waals surface area contributed by atoms with Gasteiger partial charge in [-0.1, -0.05) is 18.2 Å². The number of nitrogens with one attached hydrogen (secondary N) is 1. The summed E-state index contributed by atoms with van der Waals surface area (Å²) in [5.41, 5.74) is 0.704. The second-order valence-electron chi connectivity index (χ2n) is 4.70. The van der Waals surface area contributed by atoms with E-state index in [9.17, 15) is 13.5 Å². The molecule has 2 N–H and O–H groups in total. The minimum atomic E-state index is -3.05. The van der Waals surface area contributed by atoms with Gasteiger partial charge in [0, 0.05) is 0 Å². The van der Waals surface area contributed by atoms with E-state index in [-0.39, 0.29) is 16.8 Å². The molecule has 1 fully saturated rings. The molecular formula is C13H19NO3S. The van der Waals surface area contributed by atoms with Crippen LogP contribution in [0.3, 0.4) is 0 Å². The Morgan fingerprint density at radius 2 is 1.89 bits per heavy atom. The molecule has 18 heavy (non-hydrogen) atoms. The van der Waals surface area contributed by atoms with E-state index in [1.54, 1.807) is 18.2 Å². The van der Waals surface area contributed by atoms with Crippen molar-refractivity contribution in [2.75, 3.05) is 18.8 Å². The van der Waals surface area contributed by atoms with E-state index in [1.807, 2.05) is 6.07 Å². The SMILES string of the molecule is O=S(=O)(CCc1ccccc1O)C1CCNCC1. The summed E-state index contributed by atoms with van der Waals surface area (Å²) in [7, 11) is -3.05. The summed E-state index contributed by atoms with van der Waals surface area (Å²) >= 11 is 0. The lowest BCUT2D eigenvalue weighted by atomic mass is 10.1. The number of piperidine rings is 1. The molecule has 5 heteroatoms. The number of para-hydroxylation sites is 1. The van der Waals surface area contributed by atoms with E-state index in [4.69, 9.17) is 0 Å². The summed E-state index contributed by atoms with van der Waals surface area (Å²) in [5.74, 6) is 0.299. The average molecular weight is 269 g/mol. The summed E-state index contributed by atoms with van der Waals surface area (Å²) in [6.45, 7) is 1.56. The zero-order valence-electron chi connectivity index (χ0n) is 10.3. The molecule has 4 nitrogen and oxygen atoms in total. The highest BCUT2D eigenvalue weighted by Gasteiger charge is 2.26. The van der Waals surface area contributed by atoms with Gasteiger partial charge in [-0.05, 0) is 44.0 Å². The first-order valence-electron chi connectivity index (χ1n) is 6.29. The fraction of sp³-hybridized carbons (Fsp3) is 0.538. The molecule has 0 saturated carbocycles. The third-order valence-corrected chi connectivity index (χ3v) is 5.70. The number of aryl methyl sites for hydroxylation is 1. The van der Waals surface area contributed by atoms with Gasteiger partial charge in [-0.3, -0.25) is 0 Å². The lowest BCUT2D eigenvalue weighted by molar-refractivity contribution is 0.468. The van der Waals surface area contributed by atoms with Crippen LogP contribution < -0.4 is 5.32 Å². The van der Waals surface area contributed by atoms with Crippen LogP contribution in [0, 0.1) is 0 Å². The monoisotopic (exact) mass is 269 g/mol. The number of phenolic OH excluding ortho intramolecular Hbond substituents is 1. The van der Waals surface area contributed by atoms with Crippen LogP contribution in [0.4, 0.5) is 0 Å². The minimum Gasteiger partial charge on any atom is -0.508 e. The van der Waals surface area contributed by atoms with E-state index in [1.165, 1.54) is 0 Å². The van der Waals surface area contributed by atoms with Crippen molar-refractivity contribution in [2.24, 2.45) is 0 Å². The van der Waals surface area contributed by atoms with Gasteiger partial charge in [0.1, 0.15) is 5.75 Å². The summed E-state index contributed by atoms with van der Waals surface area (Å²) in [6, 6.07) is 6.91. The topological polar surface area (TPSA) is 66.4 Å². The molecule has 0 aromatic heterocycles. The number of sulfone groups is 1. The average Bonchev–Trinajstić information content (AvgIpc) is 2.39. The van der Waals surface area contributed by atoms with Gasteiger partial charge in [0.05, 0.1) is 11.0 Å². The lowest BCUT2D eigenvalue weighted by Gasteiger charge is -2.22. The van der Waals surface area contributed by atoms with Crippen LogP contribution in [-0.4, -0.2) is 37.6 Å². The summed E-state index contributed by atoms with van der Waals surface area (Å²) in [4.78, 5) is 0. The highest BCUT2D eigenvalue weighted by atomic mass is 32.2. The van der Waals surface area contributed by atoms with Crippen LogP contribution >= 0.6 is 0 Å². The molecule has 1 aromatic carbocycles. The Hall–Kier alpha value is -1.07. The smallest absolute Gasteiger partial charge is 0.153 e. The first-order chi connectivity index (χ1) is 8.59. The van der Waals surface area contributed by atoms with Crippen molar-refractivity contribution < 1.29 is 13.5 Å². The molecule has 0 aliphatic carbocycles. The lowest BCUT2D eigenvalue weighted by Crippen LogP contribution is -2.37.